The second kappa shape index (κ2) is 11.5. The molecule has 2 aromatic heterocycles. The molecule has 5 heteroatoms. The number of hydrogen-bond donors (Lipinski definition) is 1. The number of benzene rings is 7. The normalized spacial score (nSPS) is 14.6. The molecule has 0 saturated carbocycles. The lowest BCUT2D eigenvalue weighted by Crippen LogP contribution is -2.33. The van der Waals surface area contributed by atoms with Crippen LogP contribution in [0.4, 0.5) is 0 Å². The van der Waals surface area contributed by atoms with E-state index in [9.17, 15) is 0 Å². The van der Waals surface area contributed by atoms with Gasteiger partial charge in [0.05, 0.1) is 5.56 Å². The average molecular weight is 644 g/mol. The number of nitrogens with zero attached hydrogens (tertiary/aromatic N) is 2. The van der Waals surface area contributed by atoms with Gasteiger partial charge in [-0.2, -0.15) is 0 Å². The van der Waals surface area contributed by atoms with Crippen LogP contribution in [0.3, 0.4) is 0 Å². The third kappa shape index (κ3) is 4.71. The number of fused-ring (bicyclic) bond motifs is 6. The van der Waals surface area contributed by atoms with Gasteiger partial charge in [-0.15, -0.1) is 0 Å². The Kier molecular flexibility index (Phi) is 6.49. The summed E-state index contributed by atoms with van der Waals surface area (Å²) in [5.41, 5.74) is 10.6. The molecule has 1 atom stereocenters. The Morgan fingerprint density at radius 3 is 1.80 bits per heavy atom. The van der Waals surface area contributed by atoms with Crippen molar-refractivity contribution in [2.45, 2.75) is 6.17 Å². The molecule has 7 aromatic carbocycles. The minimum atomic E-state index is -0.377. The van der Waals surface area contributed by atoms with Crippen molar-refractivity contribution in [2.24, 2.45) is 9.98 Å². The van der Waals surface area contributed by atoms with Crippen molar-refractivity contribution in [3.8, 4) is 22.3 Å². The number of aliphatic imine (C=N–C) groups is 2. The molecule has 50 heavy (non-hydrogen) atoms. The molecule has 5 nitrogen and oxygen atoms in total. The molecule has 3 heterocycles. The maximum atomic E-state index is 6.60. The fourth-order valence-electron chi connectivity index (χ4n) is 7.09. The minimum absolute atomic E-state index is 0.377. The Morgan fingerprint density at radius 2 is 1.02 bits per heavy atom. The summed E-state index contributed by atoms with van der Waals surface area (Å²) in [6, 6.07) is 56.3. The summed E-state index contributed by atoms with van der Waals surface area (Å²) in [4.78, 5) is 10.4. The highest BCUT2D eigenvalue weighted by atomic mass is 16.3. The molecule has 236 valence electrons. The summed E-state index contributed by atoms with van der Waals surface area (Å²) < 4.78 is 13.1. The first-order valence-corrected chi connectivity index (χ1v) is 16.8. The van der Waals surface area contributed by atoms with E-state index in [-0.39, 0.29) is 6.17 Å². The summed E-state index contributed by atoms with van der Waals surface area (Å²) in [5.74, 6) is 1.32. The van der Waals surface area contributed by atoms with Crippen LogP contribution >= 0.6 is 0 Å². The minimum Gasteiger partial charge on any atom is -0.455 e. The third-order valence-electron chi connectivity index (χ3n) is 9.58. The van der Waals surface area contributed by atoms with Crippen LogP contribution in [-0.4, -0.2) is 11.7 Å². The molecule has 0 spiro atoms. The van der Waals surface area contributed by atoms with Crippen molar-refractivity contribution in [1.29, 1.82) is 0 Å². The smallest absolute Gasteiger partial charge is 0.159 e. The summed E-state index contributed by atoms with van der Waals surface area (Å²) >= 11 is 0. The van der Waals surface area contributed by atoms with Gasteiger partial charge in [-0.25, -0.2) is 9.98 Å². The molecule has 0 saturated heterocycles. The quantitative estimate of drug-likeness (QED) is 0.203. The highest BCUT2D eigenvalue weighted by Gasteiger charge is 2.24. The lowest BCUT2D eigenvalue weighted by Gasteiger charge is -2.24. The molecule has 1 aliphatic rings. The van der Waals surface area contributed by atoms with E-state index in [1.807, 2.05) is 30.3 Å². The summed E-state index contributed by atoms with van der Waals surface area (Å²) in [7, 11) is 0. The number of amidine groups is 2. The molecule has 1 unspecified atom stereocenters. The molecule has 0 fully saturated rings. The van der Waals surface area contributed by atoms with Gasteiger partial charge in [0, 0.05) is 32.7 Å². The van der Waals surface area contributed by atoms with E-state index in [1.165, 1.54) is 5.56 Å². The van der Waals surface area contributed by atoms with Gasteiger partial charge in [-0.1, -0.05) is 140 Å². The fourth-order valence-corrected chi connectivity index (χ4v) is 7.09. The van der Waals surface area contributed by atoms with Crippen LogP contribution in [0, 0.1) is 0 Å². The van der Waals surface area contributed by atoms with Crippen LogP contribution in [0.25, 0.3) is 66.1 Å². The monoisotopic (exact) mass is 643 g/mol. The summed E-state index contributed by atoms with van der Waals surface area (Å²) in [5, 5.41) is 7.91. The first-order chi connectivity index (χ1) is 24.8. The Hall–Kier alpha value is -6.72. The molecular weight excluding hydrogens is 615 g/mol. The van der Waals surface area contributed by atoms with Crippen LogP contribution in [0.1, 0.15) is 22.9 Å². The Balaban J connectivity index is 1.11. The molecule has 9 aromatic rings. The maximum absolute atomic E-state index is 6.60. The highest BCUT2D eigenvalue weighted by molar-refractivity contribution is 6.20. The van der Waals surface area contributed by atoms with E-state index < -0.39 is 0 Å². The van der Waals surface area contributed by atoms with Crippen LogP contribution < -0.4 is 5.32 Å². The Morgan fingerprint density at radius 1 is 0.440 bits per heavy atom. The van der Waals surface area contributed by atoms with Crippen molar-refractivity contribution in [1.82, 2.24) is 5.32 Å². The Bertz CT molecular complexity index is 2770. The van der Waals surface area contributed by atoms with Crippen molar-refractivity contribution < 1.29 is 8.83 Å². The molecule has 1 aliphatic heterocycles. The highest BCUT2D eigenvalue weighted by Crippen LogP contribution is 2.37. The van der Waals surface area contributed by atoms with E-state index in [0.29, 0.717) is 11.7 Å². The van der Waals surface area contributed by atoms with Crippen molar-refractivity contribution >= 4 is 55.5 Å². The first kappa shape index (κ1) is 28.3. The van der Waals surface area contributed by atoms with E-state index in [0.717, 1.165) is 77.3 Å². The molecule has 10 rings (SSSR count). The number of nitrogens with one attached hydrogen (secondary N) is 1. The zero-order valence-electron chi connectivity index (χ0n) is 26.9. The number of para-hydroxylation sites is 3. The largest absolute Gasteiger partial charge is 0.455 e. The van der Waals surface area contributed by atoms with Gasteiger partial charge in [0.1, 0.15) is 34.3 Å². The van der Waals surface area contributed by atoms with Gasteiger partial charge >= 0.3 is 0 Å². The van der Waals surface area contributed by atoms with Crippen LogP contribution in [0.5, 0.6) is 0 Å². The molecular formula is C45H29N3O2. The van der Waals surface area contributed by atoms with E-state index in [4.69, 9.17) is 18.8 Å². The van der Waals surface area contributed by atoms with Gasteiger partial charge < -0.3 is 14.2 Å². The van der Waals surface area contributed by atoms with Crippen LogP contribution in [0.15, 0.2) is 183 Å². The number of furan rings is 2. The van der Waals surface area contributed by atoms with E-state index in [2.05, 4.69) is 139 Å². The van der Waals surface area contributed by atoms with E-state index in [1.54, 1.807) is 0 Å². The van der Waals surface area contributed by atoms with Gasteiger partial charge in [-0.05, 0) is 46.5 Å². The molecule has 0 aliphatic carbocycles. The number of rotatable bonds is 5. The first-order valence-electron chi connectivity index (χ1n) is 16.8. The van der Waals surface area contributed by atoms with Gasteiger partial charge in [0.2, 0.25) is 0 Å². The lowest BCUT2D eigenvalue weighted by molar-refractivity contribution is 0.659. The van der Waals surface area contributed by atoms with Crippen LogP contribution in [-0.2, 0) is 0 Å². The van der Waals surface area contributed by atoms with Crippen molar-refractivity contribution in [2.75, 3.05) is 0 Å². The summed E-state index contributed by atoms with van der Waals surface area (Å²) in [6.07, 6.45) is -0.377. The second-order valence-corrected chi connectivity index (χ2v) is 12.6. The molecule has 0 amide bonds. The second-order valence-electron chi connectivity index (χ2n) is 12.6. The standard InChI is InChI=1S/C45H29N3O2/c1-3-11-28(12-4-1)29-21-23-31(24-22-29)43-46-44(48-45(47-43)38-19-10-18-36-34-15-7-8-20-39(34)49-42(36)38)32-25-26-35-37-17-9-16-33(30-13-5-2-6-14-30)41(37)50-40(35)27-32/h1-27,43H,(H,46,47,48). The van der Waals surface area contributed by atoms with Crippen molar-refractivity contribution in [3.63, 3.8) is 0 Å². The average Bonchev–Trinajstić information content (AvgIpc) is 3.77. The molecule has 0 bridgehead atoms. The topological polar surface area (TPSA) is 63.0 Å². The predicted octanol–water partition coefficient (Wildman–Crippen LogP) is 11.3. The molecule has 0 radical (unpaired) electrons. The van der Waals surface area contributed by atoms with Gasteiger partial charge in [-0.3, -0.25) is 0 Å². The lowest BCUT2D eigenvalue weighted by atomic mass is 10.0. The number of hydrogen-bond acceptors (Lipinski definition) is 5. The Labute approximate surface area is 287 Å². The van der Waals surface area contributed by atoms with E-state index >= 15 is 0 Å². The maximum Gasteiger partial charge on any atom is 0.159 e. The van der Waals surface area contributed by atoms with Crippen molar-refractivity contribution in [3.05, 3.63) is 180 Å². The van der Waals surface area contributed by atoms with Crippen LogP contribution in [0.2, 0.25) is 0 Å². The third-order valence-corrected chi connectivity index (χ3v) is 9.58. The predicted molar refractivity (Wildman–Crippen MR) is 204 cm³/mol. The zero-order valence-corrected chi connectivity index (χ0v) is 26.9. The zero-order chi connectivity index (χ0) is 33.0. The fraction of sp³-hybridized carbons (Fsp3) is 0.0222. The SMILES string of the molecule is c1ccc(-c2ccc(C3N=C(c4ccc5c(c4)oc4c(-c6ccccc6)cccc45)N=C(c4cccc5c4oc4ccccc45)N3)cc2)cc1. The van der Waals surface area contributed by atoms with Gasteiger partial charge in [0.15, 0.2) is 5.84 Å². The van der Waals surface area contributed by atoms with Gasteiger partial charge in [0.25, 0.3) is 0 Å². The summed E-state index contributed by atoms with van der Waals surface area (Å²) in [6.45, 7) is 0. The molecule has 1 N–H and O–H groups in total.